The zero-order chi connectivity index (χ0) is 13.0. The van der Waals surface area contributed by atoms with E-state index in [4.69, 9.17) is 4.74 Å². The van der Waals surface area contributed by atoms with Crippen LogP contribution in [0.2, 0.25) is 0 Å². The van der Waals surface area contributed by atoms with Crippen molar-refractivity contribution in [1.29, 1.82) is 0 Å². The van der Waals surface area contributed by atoms with E-state index >= 15 is 0 Å². The van der Waals surface area contributed by atoms with Crippen molar-refractivity contribution in [2.75, 3.05) is 18.6 Å². The van der Waals surface area contributed by atoms with Gasteiger partial charge in [0, 0.05) is 12.6 Å². The Balaban J connectivity index is 3.01. The van der Waals surface area contributed by atoms with Gasteiger partial charge in [0.25, 0.3) is 0 Å². The van der Waals surface area contributed by atoms with E-state index in [0.29, 0.717) is 23.8 Å². The van der Waals surface area contributed by atoms with Crippen molar-refractivity contribution < 1.29 is 4.74 Å². The Morgan fingerprint density at radius 3 is 2.47 bits per heavy atom. The van der Waals surface area contributed by atoms with Crippen LogP contribution in [0, 0.1) is 5.92 Å². The highest BCUT2D eigenvalue weighted by molar-refractivity contribution is 9.10. The summed E-state index contributed by atoms with van der Waals surface area (Å²) in [5, 5.41) is 0. The lowest BCUT2D eigenvalue weighted by molar-refractivity contribution is 0.393. The number of aromatic nitrogens is 2. The standard InChI is InChI=1S/C12H20BrN3O/c1-8(2)7-16(9(3)4)12-14-6-10(13)11(15-12)17-5/h6,8-9H,7H2,1-5H3. The lowest BCUT2D eigenvalue weighted by atomic mass is 10.2. The topological polar surface area (TPSA) is 38.2 Å². The second kappa shape index (κ2) is 6.19. The van der Waals surface area contributed by atoms with Crippen molar-refractivity contribution in [3.05, 3.63) is 10.7 Å². The fourth-order valence-corrected chi connectivity index (χ4v) is 1.89. The number of ether oxygens (including phenoxy) is 1. The molecule has 17 heavy (non-hydrogen) atoms. The molecule has 0 bridgehead atoms. The molecule has 0 spiro atoms. The molecule has 5 heteroatoms. The Kier molecular flexibility index (Phi) is 5.18. The van der Waals surface area contributed by atoms with Gasteiger partial charge in [0.1, 0.15) is 0 Å². The zero-order valence-electron chi connectivity index (χ0n) is 11.1. The van der Waals surface area contributed by atoms with E-state index in [0.717, 1.165) is 11.0 Å². The highest BCUT2D eigenvalue weighted by Gasteiger charge is 2.16. The van der Waals surface area contributed by atoms with E-state index in [-0.39, 0.29) is 0 Å². The fraction of sp³-hybridized carbons (Fsp3) is 0.667. The predicted molar refractivity (Wildman–Crippen MR) is 73.6 cm³/mol. The number of methoxy groups -OCH3 is 1. The zero-order valence-corrected chi connectivity index (χ0v) is 12.7. The first kappa shape index (κ1) is 14.2. The number of nitrogens with zero attached hydrogens (tertiary/aromatic N) is 3. The molecule has 1 rings (SSSR count). The summed E-state index contributed by atoms with van der Waals surface area (Å²) in [5.41, 5.74) is 0. The summed E-state index contributed by atoms with van der Waals surface area (Å²) in [4.78, 5) is 10.9. The number of anilines is 1. The maximum Gasteiger partial charge on any atom is 0.232 e. The van der Waals surface area contributed by atoms with Gasteiger partial charge in [-0.05, 0) is 35.7 Å². The Hall–Kier alpha value is -0.840. The molecule has 0 unspecified atom stereocenters. The van der Waals surface area contributed by atoms with Gasteiger partial charge in [0.2, 0.25) is 11.8 Å². The van der Waals surface area contributed by atoms with Crippen LogP contribution in [0.5, 0.6) is 5.88 Å². The first-order valence-corrected chi connectivity index (χ1v) is 6.58. The van der Waals surface area contributed by atoms with Crippen molar-refractivity contribution in [2.24, 2.45) is 5.92 Å². The van der Waals surface area contributed by atoms with Crippen LogP contribution in [0.4, 0.5) is 5.95 Å². The molecule has 0 saturated heterocycles. The third-order valence-electron chi connectivity index (χ3n) is 2.33. The van der Waals surface area contributed by atoms with Crippen LogP contribution in [0.3, 0.4) is 0 Å². The van der Waals surface area contributed by atoms with Crippen molar-refractivity contribution in [3.8, 4) is 5.88 Å². The van der Waals surface area contributed by atoms with Gasteiger partial charge in [-0.1, -0.05) is 13.8 Å². The second-order valence-electron chi connectivity index (χ2n) is 4.67. The van der Waals surface area contributed by atoms with Crippen LogP contribution in [-0.4, -0.2) is 29.7 Å². The molecule has 0 aromatic carbocycles. The van der Waals surface area contributed by atoms with Gasteiger partial charge < -0.3 is 9.64 Å². The van der Waals surface area contributed by atoms with Crippen LogP contribution in [-0.2, 0) is 0 Å². The van der Waals surface area contributed by atoms with Gasteiger partial charge in [0.05, 0.1) is 17.8 Å². The molecular weight excluding hydrogens is 282 g/mol. The van der Waals surface area contributed by atoms with Crippen LogP contribution >= 0.6 is 15.9 Å². The molecule has 0 aliphatic carbocycles. The number of hydrogen-bond donors (Lipinski definition) is 0. The Bertz CT molecular complexity index is 369. The minimum absolute atomic E-state index is 0.364. The van der Waals surface area contributed by atoms with E-state index in [1.807, 2.05) is 0 Å². The summed E-state index contributed by atoms with van der Waals surface area (Å²) in [7, 11) is 1.61. The molecule has 0 amide bonds. The van der Waals surface area contributed by atoms with E-state index in [1.165, 1.54) is 0 Å². The SMILES string of the molecule is COc1nc(N(CC(C)C)C(C)C)ncc1Br. The molecule has 0 N–H and O–H groups in total. The molecule has 96 valence electrons. The quantitative estimate of drug-likeness (QED) is 0.837. The smallest absolute Gasteiger partial charge is 0.232 e. The average molecular weight is 302 g/mol. The van der Waals surface area contributed by atoms with Crippen LogP contribution in [0.25, 0.3) is 0 Å². The van der Waals surface area contributed by atoms with E-state index < -0.39 is 0 Å². The summed E-state index contributed by atoms with van der Waals surface area (Å²) in [5.74, 6) is 1.86. The van der Waals surface area contributed by atoms with Gasteiger partial charge in [-0.25, -0.2) is 4.98 Å². The molecule has 0 aliphatic rings. The summed E-state index contributed by atoms with van der Waals surface area (Å²) >= 11 is 3.36. The second-order valence-corrected chi connectivity index (χ2v) is 5.52. The third-order valence-corrected chi connectivity index (χ3v) is 2.88. The first-order chi connectivity index (χ1) is 7.95. The first-order valence-electron chi connectivity index (χ1n) is 5.78. The summed E-state index contributed by atoms with van der Waals surface area (Å²) in [6.07, 6.45) is 1.73. The fourth-order valence-electron chi connectivity index (χ4n) is 1.54. The summed E-state index contributed by atoms with van der Waals surface area (Å²) in [6, 6.07) is 0.364. The number of hydrogen-bond acceptors (Lipinski definition) is 4. The highest BCUT2D eigenvalue weighted by Crippen LogP contribution is 2.24. The average Bonchev–Trinajstić information content (AvgIpc) is 2.26. The maximum atomic E-state index is 5.20. The minimum Gasteiger partial charge on any atom is -0.480 e. The molecule has 1 aromatic heterocycles. The van der Waals surface area contributed by atoms with E-state index in [2.05, 4.69) is 58.5 Å². The van der Waals surface area contributed by atoms with Gasteiger partial charge in [-0.2, -0.15) is 4.98 Å². The van der Waals surface area contributed by atoms with Gasteiger partial charge in [0.15, 0.2) is 0 Å². The number of rotatable bonds is 5. The molecule has 0 saturated carbocycles. The number of halogens is 1. The molecule has 1 heterocycles. The molecular formula is C12H20BrN3O. The Morgan fingerprint density at radius 1 is 1.35 bits per heavy atom. The van der Waals surface area contributed by atoms with Crippen LogP contribution < -0.4 is 9.64 Å². The van der Waals surface area contributed by atoms with Crippen LogP contribution in [0.1, 0.15) is 27.7 Å². The van der Waals surface area contributed by atoms with Gasteiger partial charge >= 0.3 is 0 Å². The van der Waals surface area contributed by atoms with Gasteiger partial charge in [-0.3, -0.25) is 0 Å². The summed E-state index contributed by atoms with van der Waals surface area (Å²) in [6.45, 7) is 9.58. The molecule has 1 aromatic rings. The van der Waals surface area contributed by atoms with Crippen molar-refractivity contribution in [3.63, 3.8) is 0 Å². The predicted octanol–water partition coefficient (Wildman–Crippen LogP) is 3.12. The Labute approximate surface area is 112 Å². The van der Waals surface area contributed by atoms with Gasteiger partial charge in [-0.15, -0.1) is 0 Å². The van der Waals surface area contributed by atoms with Crippen molar-refractivity contribution in [2.45, 2.75) is 33.7 Å². The molecule has 0 atom stereocenters. The van der Waals surface area contributed by atoms with Crippen molar-refractivity contribution in [1.82, 2.24) is 9.97 Å². The lowest BCUT2D eigenvalue weighted by Crippen LogP contribution is -2.35. The molecule has 0 radical (unpaired) electrons. The monoisotopic (exact) mass is 301 g/mol. The third kappa shape index (κ3) is 3.84. The maximum absolute atomic E-state index is 5.20. The van der Waals surface area contributed by atoms with E-state index in [1.54, 1.807) is 13.3 Å². The van der Waals surface area contributed by atoms with E-state index in [9.17, 15) is 0 Å². The van der Waals surface area contributed by atoms with Crippen molar-refractivity contribution >= 4 is 21.9 Å². The highest BCUT2D eigenvalue weighted by atomic mass is 79.9. The molecule has 0 fully saturated rings. The molecule has 4 nitrogen and oxygen atoms in total. The molecule has 0 aliphatic heterocycles. The summed E-state index contributed by atoms with van der Waals surface area (Å²) < 4.78 is 5.97. The minimum atomic E-state index is 0.364. The largest absolute Gasteiger partial charge is 0.480 e. The Morgan fingerprint density at radius 2 is 2.00 bits per heavy atom. The normalized spacial score (nSPS) is 11.1. The van der Waals surface area contributed by atoms with Crippen LogP contribution in [0.15, 0.2) is 10.7 Å². The lowest BCUT2D eigenvalue weighted by Gasteiger charge is -2.28.